The molecule has 5 heteroatoms. The van der Waals surface area contributed by atoms with E-state index in [1.165, 1.54) is 6.07 Å². The van der Waals surface area contributed by atoms with Crippen molar-refractivity contribution in [2.75, 3.05) is 5.01 Å². The lowest BCUT2D eigenvalue weighted by Gasteiger charge is -2.22. The average Bonchev–Trinajstić information content (AvgIpc) is 3.27. The summed E-state index contributed by atoms with van der Waals surface area (Å²) in [6.07, 6.45) is 2.33. The second-order valence-corrected chi connectivity index (χ2v) is 6.00. The van der Waals surface area contributed by atoms with Crippen molar-refractivity contribution in [3.8, 4) is 0 Å². The van der Waals surface area contributed by atoms with E-state index in [-0.39, 0.29) is 11.9 Å². The maximum Gasteiger partial charge on any atom is 0.148 e. The third-order valence-corrected chi connectivity index (χ3v) is 4.61. The molecule has 0 unspecified atom stereocenters. The van der Waals surface area contributed by atoms with Gasteiger partial charge in [0.15, 0.2) is 0 Å². The predicted molar refractivity (Wildman–Crippen MR) is 85.8 cm³/mol. The van der Waals surface area contributed by atoms with Crippen LogP contribution in [0.25, 0.3) is 0 Å². The molecule has 0 saturated carbocycles. The number of nitrogens with zero attached hydrogens (tertiary/aromatic N) is 2. The van der Waals surface area contributed by atoms with E-state index in [9.17, 15) is 4.39 Å². The Labute approximate surface area is 131 Å². The third-order valence-electron chi connectivity index (χ3n) is 3.69. The summed E-state index contributed by atoms with van der Waals surface area (Å²) in [4.78, 5) is 1.11. The highest BCUT2D eigenvalue weighted by molar-refractivity contribution is 7.12. The minimum atomic E-state index is -0.282. The van der Waals surface area contributed by atoms with E-state index in [2.05, 4.69) is 5.10 Å². The first-order valence-electron chi connectivity index (χ1n) is 7.01. The molecular formula is C17H13FN2OS. The first-order chi connectivity index (χ1) is 10.8. The van der Waals surface area contributed by atoms with Gasteiger partial charge in [-0.1, -0.05) is 18.2 Å². The second-order valence-electron chi connectivity index (χ2n) is 5.06. The summed E-state index contributed by atoms with van der Waals surface area (Å²) < 4.78 is 19.7. The standard InChI is InChI=1S/C17H13FN2OS/c18-12-5-1-2-6-14(12)20-15(16-7-3-9-21-16)11-13(19-20)17-8-4-10-22-17/h1-10,15H,11H2/t15-/m1/s1. The lowest BCUT2D eigenvalue weighted by Crippen LogP contribution is -2.19. The number of hydrogen-bond donors (Lipinski definition) is 0. The molecule has 1 aliphatic rings. The van der Waals surface area contributed by atoms with Crippen LogP contribution in [0.2, 0.25) is 0 Å². The number of furan rings is 1. The number of hydrogen-bond acceptors (Lipinski definition) is 4. The number of halogens is 1. The third kappa shape index (κ3) is 2.23. The van der Waals surface area contributed by atoms with Crippen LogP contribution in [-0.4, -0.2) is 5.71 Å². The Morgan fingerprint density at radius 1 is 1.14 bits per heavy atom. The topological polar surface area (TPSA) is 28.7 Å². The first-order valence-corrected chi connectivity index (χ1v) is 7.89. The molecule has 1 aromatic carbocycles. The Morgan fingerprint density at radius 2 is 2.05 bits per heavy atom. The minimum absolute atomic E-state index is 0.121. The van der Waals surface area contributed by atoms with Gasteiger partial charge in [-0.3, -0.25) is 5.01 Å². The van der Waals surface area contributed by atoms with Crippen LogP contribution in [-0.2, 0) is 0 Å². The van der Waals surface area contributed by atoms with E-state index >= 15 is 0 Å². The van der Waals surface area contributed by atoms with Crippen LogP contribution in [0.3, 0.4) is 0 Å². The minimum Gasteiger partial charge on any atom is -0.467 e. The first kappa shape index (κ1) is 13.3. The summed E-state index contributed by atoms with van der Waals surface area (Å²) in [5.74, 6) is 0.508. The normalized spacial score (nSPS) is 17.8. The smallest absolute Gasteiger partial charge is 0.148 e. The van der Waals surface area contributed by atoms with Gasteiger partial charge in [0, 0.05) is 6.42 Å². The van der Waals surface area contributed by atoms with E-state index in [1.807, 2.05) is 35.7 Å². The Bertz CT molecular complexity index is 796. The molecule has 0 N–H and O–H groups in total. The van der Waals surface area contributed by atoms with Gasteiger partial charge in [0.05, 0.1) is 22.5 Å². The van der Waals surface area contributed by atoms with Crippen molar-refractivity contribution >= 4 is 22.7 Å². The molecule has 4 rings (SSSR count). The average molecular weight is 312 g/mol. The number of rotatable bonds is 3. The molecule has 0 aliphatic carbocycles. The van der Waals surface area contributed by atoms with Gasteiger partial charge >= 0.3 is 0 Å². The summed E-state index contributed by atoms with van der Waals surface area (Å²) in [7, 11) is 0. The summed E-state index contributed by atoms with van der Waals surface area (Å²) in [6, 6.07) is 14.4. The highest BCUT2D eigenvalue weighted by Gasteiger charge is 2.33. The molecule has 110 valence electrons. The molecule has 1 atom stereocenters. The fourth-order valence-corrected chi connectivity index (χ4v) is 3.39. The molecular weight excluding hydrogens is 299 g/mol. The quantitative estimate of drug-likeness (QED) is 0.692. The van der Waals surface area contributed by atoms with E-state index in [1.54, 1.807) is 34.7 Å². The van der Waals surface area contributed by atoms with Crippen molar-refractivity contribution in [1.82, 2.24) is 0 Å². The van der Waals surface area contributed by atoms with Gasteiger partial charge in [0.1, 0.15) is 17.6 Å². The van der Waals surface area contributed by atoms with E-state index in [0.717, 1.165) is 16.3 Å². The lowest BCUT2D eigenvalue weighted by atomic mass is 10.1. The lowest BCUT2D eigenvalue weighted by molar-refractivity contribution is 0.462. The predicted octanol–water partition coefficient (Wildman–Crippen LogP) is 4.84. The van der Waals surface area contributed by atoms with Crippen LogP contribution in [0.5, 0.6) is 0 Å². The Morgan fingerprint density at radius 3 is 2.77 bits per heavy atom. The molecule has 22 heavy (non-hydrogen) atoms. The van der Waals surface area contributed by atoms with Crippen molar-refractivity contribution in [2.24, 2.45) is 5.10 Å². The highest BCUT2D eigenvalue weighted by Crippen LogP contribution is 2.38. The Hall–Kier alpha value is -2.40. The maximum atomic E-state index is 14.2. The van der Waals surface area contributed by atoms with Crippen LogP contribution in [0, 0.1) is 5.82 Å². The van der Waals surface area contributed by atoms with Crippen LogP contribution in [0.1, 0.15) is 23.1 Å². The molecule has 3 heterocycles. The summed E-state index contributed by atoms with van der Waals surface area (Å²) in [5, 5.41) is 8.40. The van der Waals surface area contributed by atoms with Gasteiger partial charge in [-0.05, 0) is 35.7 Å². The largest absolute Gasteiger partial charge is 0.467 e. The number of para-hydroxylation sites is 1. The van der Waals surface area contributed by atoms with E-state index in [0.29, 0.717) is 12.1 Å². The van der Waals surface area contributed by atoms with Crippen LogP contribution < -0.4 is 5.01 Å². The van der Waals surface area contributed by atoms with Crippen molar-refractivity contribution < 1.29 is 8.81 Å². The molecule has 0 bridgehead atoms. The summed E-state index contributed by atoms with van der Waals surface area (Å²) in [5.41, 5.74) is 1.43. The van der Waals surface area contributed by atoms with Crippen molar-refractivity contribution in [2.45, 2.75) is 12.5 Å². The number of thiophene rings is 1. The second kappa shape index (κ2) is 5.42. The van der Waals surface area contributed by atoms with Gasteiger partial charge < -0.3 is 4.42 Å². The van der Waals surface area contributed by atoms with Crippen molar-refractivity contribution in [3.63, 3.8) is 0 Å². The number of hydrazone groups is 1. The van der Waals surface area contributed by atoms with E-state index < -0.39 is 0 Å². The van der Waals surface area contributed by atoms with Gasteiger partial charge in [-0.15, -0.1) is 11.3 Å². The van der Waals surface area contributed by atoms with Crippen LogP contribution >= 0.6 is 11.3 Å². The fourth-order valence-electron chi connectivity index (χ4n) is 2.66. The molecule has 0 radical (unpaired) electrons. The molecule has 1 aliphatic heterocycles. The zero-order chi connectivity index (χ0) is 14.9. The molecule has 0 saturated heterocycles. The molecule has 3 aromatic rings. The van der Waals surface area contributed by atoms with Crippen molar-refractivity contribution in [1.29, 1.82) is 0 Å². The maximum absolute atomic E-state index is 14.2. The molecule has 2 aromatic heterocycles. The van der Waals surface area contributed by atoms with Crippen LogP contribution in [0.4, 0.5) is 10.1 Å². The summed E-state index contributed by atoms with van der Waals surface area (Å²) >= 11 is 1.64. The van der Waals surface area contributed by atoms with Gasteiger partial charge in [-0.2, -0.15) is 5.10 Å². The van der Waals surface area contributed by atoms with Gasteiger partial charge in [0.25, 0.3) is 0 Å². The number of benzene rings is 1. The molecule has 0 spiro atoms. The van der Waals surface area contributed by atoms with Crippen LogP contribution in [0.15, 0.2) is 69.7 Å². The van der Waals surface area contributed by atoms with Gasteiger partial charge in [-0.25, -0.2) is 4.39 Å². The van der Waals surface area contributed by atoms with Crippen molar-refractivity contribution in [3.05, 3.63) is 76.6 Å². The zero-order valence-corrected chi connectivity index (χ0v) is 12.5. The monoisotopic (exact) mass is 312 g/mol. The number of anilines is 1. The van der Waals surface area contributed by atoms with Gasteiger partial charge in [0.2, 0.25) is 0 Å². The molecule has 3 nitrogen and oxygen atoms in total. The SMILES string of the molecule is Fc1ccccc1N1N=C(c2cccs2)C[C@@H]1c1ccco1. The molecule has 0 amide bonds. The fraction of sp³-hybridized carbons (Fsp3) is 0.118. The Kier molecular flexibility index (Phi) is 3.27. The Balaban J connectivity index is 1.78. The highest BCUT2D eigenvalue weighted by atomic mass is 32.1. The summed E-state index contributed by atoms with van der Waals surface area (Å²) in [6.45, 7) is 0. The van der Waals surface area contributed by atoms with E-state index in [4.69, 9.17) is 4.42 Å². The zero-order valence-electron chi connectivity index (χ0n) is 11.6. The molecule has 0 fully saturated rings.